The number of hydrogen-bond donors (Lipinski definition) is 1. The Hall–Kier alpha value is -1.31. The molecule has 0 radical (unpaired) electrons. The van der Waals surface area contributed by atoms with Gasteiger partial charge in [0.25, 0.3) is 0 Å². The van der Waals surface area contributed by atoms with Crippen LogP contribution in [0.1, 0.15) is 26.7 Å². The molecule has 2 heteroatoms. The number of carbonyl (C=O) groups is 1. The van der Waals surface area contributed by atoms with Crippen molar-refractivity contribution in [3.8, 4) is 0 Å². The predicted octanol–water partition coefficient (Wildman–Crippen LogP) is 2.34. The lowest BCUT2D eigenvalue weighted by atomic mass is 10.0. The van der Waals surface area contributed by atoms with Crippen molar-refractivity contribution >= 4 is 5.91 Å². The standard InChI is InChI=1S/C12H17NO/c1-10(2)13-12(14)9-8-11-6-4-3-5-7-11/h3-4,6,8-10H,5,7H2,1-2H3,(H,13,14)/b9-8+. The van der Waals surface area contributed by atoms with Gasteiger partial charge >= 0.3 is 0 Å². The van der Waals surface area contributed by atoms with Crippen molar-refractivity contribution in [3.05, 3.63) is 36.0 Å². The van der Waals surface area contributed by atoms with Crippen molar-refractivity contribution in [1.82, 2.24) is 5.32 Å². The van der Waals surface area contributed by atoms with Gasteiger partial charge in [-0.3, -0.25) is 4.79 Å². The van der Waals surface area contributed by atoms with Gasteiger partial charge in [-0.15, -0.1) is 0 Å². The zero-order valence-corrected chi connectivity index (χ0v) is 8.79. The molecule has 0 aliphatic heterocycles. The molecule has 0 atom stereocenters. The van der Waals surface area contributed by atoms with E-state index in [9.17, 15) is 4.79 Å². The average Bonchev–Trinajstić information content (AvgIpc) is 2.15. The number of rotatable bonds is 3. The monoisotopic (exact) mass is 191 g/mol. The van der Waals surface area contributed by atoms with E-state index < -0.39 is 0 Å². The number of nitrogens with one attached hydrogen (secondary N) is 1. The Kier molecular flexibility index (Phi) is 4.17. The molecule has 0 aromatic heterocycles. The largest absolute Gasteiger partial charge is 0.350 e. The van der Waals surface area contributed by atoms with Gasteiger partial charge in [0.1, 0.15) is 0 Å². The highest BCUT2D eigenvalue weighted by Crippen LogP contribution is 2.12. The maximum Gasteiger partial charge on any atom is 0.244 e. The molecule has 0 bridgehead atoms. The SMILES string of the molecule is CC(C)NC(=O)/C=C/C1=CC=CCC1. The van der Waals surface area contributed by atoms with Crippen LogP contribution in [-0.4, -0.2) is 11.9 Å². The van der Waals surface area contributed by atoms with Gasteiger partial charge < -0.3 is 5.32 Å². The second-order valence-electron chi connectivity index (χ2n) is 3.71. The summed E-state index contributed by atoms with van der Waals surface area (Å²) in [5.41, 5.74) is 1.21. The summed E-state index contributed by atoms with van der Waals surface area (Å²) < 4.78 is 0. The Labute approximate surface area is 85.4 Å². The van der Waals surface area contributed by atoms with Crippen molar-refractivity contribution < 1.29 is 4.79 Å². The molecule has 2 nitrogen and oxygen atoms in total. The Morgan fingerprint density at radius 1 is 1.57 bits per heavy atom. The Morgan fingerprint density at radius 2 is 2.36 bits per heavy atom. The smallest absolute Gasteiger partial charge is 0.244 e. The lowest BCUT2D eigenvalue weighted by Gasteiger charge is -2.05. The minimum Gasteiger partial charge on any atom is -0.350 e. The molecule has 0 aromatic carbocycles. The Morgan fingerprint density at radius 3 is 2.93 bits per heavy atom. The first-order valence-corrected chi connectivity index (χ1v) is 5.03. The molecule has 0 unspecified atom stereocenters. The fraction of sp³-hybridized carbons (Fsp3) is 0.417. The van der Waals surface area contributed by atoms with Crippen molar-refractivity contribution in [2.45, 2.75) is 32.7 Å². The van der Waals surface area contributed by atoms with Gasteiger partial charge in [0, 0.05) is 12.1 Å². The van der Waals surface area contributed by atoms with Gasteiger partial charge in [-0.25, -0.2) is 0 Å². The van der Waals surface area contributed by atoms with Crippen LogP contribution in [0.3, 0.4) is 0 Å². The van der Waals surface area contributed by atoms with E-state index in [0.29, 0.717) is 0 Å². The van der Waals surface area contributed by atoms with E-state index in [0.717, 1.165) is 12.8 Å². The maximum absolute atomic E-state index is 11.3. The topological polar surface area (TPSA) is 29.1 Å². The van der Waals surface area contributed by atoms with Gasteiger partial charge in [-0.1, -0.05) is 24.3 Å². The van der Waals surface area contributed by atoms with Crippen LogP contribution in [0.2, 0.25) is 0 Å². The zero-order chi connectivity index (χ0) is 10.4. The van der Waals surface area contributed by atoms with Crippen LogP contribution in [0, 0.1) is 0 Å². The highest BCUT2D eigenvalue weighted by Gasteiger charge is 1.99. The van der Waals surface area contributed by atoms with Crippen LogP contribution in [0.25, 0.3) is 0 Å². The van der Waals surface area contributed by atoms with E-state index >= 15 is 0 Å². The summed E-state index contributed by atoms with van der Waals surface area (Å²) in [5.74, 6) is -0.0181. The molecule has 0 heterocycles. The molecule has 0 fully saturated rings. The van der Waals surface area contributed by atoms with E-state index in [1.807, 2.05) is 32.1 Å². The van der Waals surface area contributed by atoms with E-state index in [1.54, 1.807) is 6.08 Å². The molecule has 76 valence electrons. The zero-order valence-electron chi connectivity index (χ0n) is 8.79. The van der Waals surface area contributed by atoms with Gasteiger partial charge in [0.15, 0.2) is 0 Å². The molecule has 14 heavy (non-hydrogen) atoms. The van der Waals surface area contributed by atoms with Gasteiger partial charge in [-0.2, -0.15) is 0 Å². The molecule has 1 rings (SSSR count). The molecular weight excluding hydrogens is 174 g/mol. The molecular formula is C12H17NO. The molecule has 0 saturated carbocycles. The van der Waals surface area contributed by atoms with Crippen molar-refractivity contribution in [2.75, 3.05) is 0 Å². The van der Waals surface area contributed by atoms with Crippen molar-refractivity contribution in [1.29, 1.82) is 0 Å². The second kappa shape index (κ2) is 5.43. The van der Waals surface area contributed by atoms with Gasteiger partial charge in [0.05, 0.1) is 0 Å². The highest BCUT2D eigenvalue weighted by atomic mass is 16.1. The van der Waals surface area contributed by atoms with Gasteiger partial charge in [0.2, 0.25) is 5.91 Å². The van der Waals surface area contributed by atoms with Crippen LogP contribution >= 0.6 is 0 Å². The second-order valence-corrected chi connectivity index (χ2v) is 3.71. The summed E-state index contributed by atoms with van der Waals surface area (Å²) in [4.78, 5) is 11.3. The molecule has 1 aliphatic carbocycles. The third kappa shape index (κ3) is 4.08. The van der Waals surface area contributed by atoms with Gasteiger partial charge in [-0.05, 0) is 32.3 Å². The van der Waals surface area contributed by atoms with Crippen LogP contribution in [0.15, 0.2) is 36.0 Å². The summed E-state index contributed by atoms with van der Waals surface area (Å²) in [5, 5.41) is 2.81. The molecule has 0 saturated heterocycles. The van der Waals surface area contributed by atoms with Crippen LogP contribution < -0.4 is 5.32 Å². The lowest BCUT2D eigenvalue weighted by molar-refractivity contribution is -0.116. The Bertz CT molecular complexity index is 285. The molecule has 1 amide bonds. The number of hydrogen-bond acceptors (Lipinski definition) is 1. The van der Waals surface area contributed by atoms with E-state index in [-0.39, 0.29) is 11.9 Å². The first-order valence-electron chi connectivity index (χ1n) is 5.03. The van der Waals surface area contributed by atoms with Crippen LogP contribution in [0.5, 0.6) is 0 Å². The van der Waals surface area contributed by atoms with E-state index in [1.165, 1.54) is 5.57 Å². The summed E-state index contributed by atoms with van der Waals surface area (Å²) in [7, 11) is 0. The number of allylic oxidation sites excluding steroid dienone is 5. The molecule has 1 N–H and O–H groups in total. The number of amides is 1. The number of carbonyl (C=O) groups excluding carboxylic acids is 1. The summed E-state index contributed by atoms with van der Waals surface area (Å²) in [6.07, 6.45) is 11.8. The van der Waals surface area contributed by atoms with Crippen molar-refractivity contribution in [2.24, 2.45) is 0 Å². The average molecular weight is 191 g/mol. The summed E-state index contributed by atoms with van der Waals surface area (Å²) >= 11 is 0. The fourth-order valence-corrected chi connectivity index (χ4v) is 1.28. The first kappa shape index (κ1) is 10.8. The van der Waals surface area contributed by atoms with E-state index in [4.69, 9.17) is 0 Å². The lowest BCUT2D eigenvalue weighted by Crippen LogP contribution is -2.28. The van der Waals surface area contributed by atoms with Crippen LogP contribution in [-0.2, 0) is 4.79 Å². The summed E-state index contributed by atoms with van der Waals surface area (Å²) in [6.45, 7) is 3.91. The van der Waals surface area contributed by atoms with Crippen molar-refractivity contribution in [3.63, 3.8) is 0 Å². The minimum absolute atomic E-state index is 0.0181. The summed E-state index contributed by atoms with van der Waals surface area (Å²) in [6, 6.07) is 0.201. The quantitative estimate of drug-likeness (QED) is 0.682. The first-order chi connectivity index (χ1) is 6.68. The molecule has 1 aliphatic rings. The predicted molar refractivity (Wildman–Crippen MR) is 58.9 cm³/mol. The molecule has 0 aromatic rings. The molecule has 0 spiro atoms. The maximum atomic E-state index is 11.3. The third-order valence-electron chi connectivity index (χ3n) is 1.93. The fourth-order valence-electron chi connectivity index (χ4n) is 1.28. The van der Waals surface area contributed by atoms with E-state index in [2.05, 4.69) is 11.4 Å². The van der Waals surface area contributed by atoms with Crippen LogP contribution in [0.4, 0.5) is 0 Å². The normalized spacial score (nSPS) is 16.1. The third-order valence-corrected chi connectivity index (χ3v) is 1.93. The highest BCUT2D eigenvalue weighted by molar-refractivity contribution is 5.88. The minimum atomic E-state index is -0.0181. The Balaban J connectivity index is 2.42.